The number of nitrogens with one attached hydrogen (secondary N) is 1. The summed E-state index contributed by atoms with van der Waals surface area (Å²) in [5, 5.41) is 11.2. The second-order valence-electron chi connectivity index (χ2n) is 6.69. The SMILES string of the molecule is Cc1ccc(-n2nnc3c(=O)n(CC(=O)NCc4ccc(F)cc4)cnc32)cc1Cl. The first-order chi connectivity index (χ1) is 14.4. The molecule has 0 spiro atoms. The van der Waals surface area contributed by atoms with Crippen molar-refractivity contribution in [2.45, 2.75) is 20.0 Å². The molecule has 0 fully saturated rings. The average molecular weight is 427 g/mol. The lowest BCUT2D eigenvalue weighted by Gasteiger charge is -2.08. The van der Waals surface area contributed by atoms with Crippen LogP contribution in [0.5, 0.6) is 0 Å². The molecule has 0 atom stereocenters. The normalized spacial score (nSPS) is 11.0. The summed E-state index contributed by atoms with van der Waals surface area (Å²) < 4.78 is 15.5. The molecule has 0 aliphatic carbocycles. The molecular weight excluding hydrogens is 411 g/mol. The maximum atomic E-state index is 12.9. The molecule has 0 aliphatic rings. The topological polar surface area (TPSA) is 94.7 Å². The third-order valence-electron chi connectivity index (χ3n) is 4.55. The molecule has 8 nitrogen and oxygen atoms in total. The summed E-state index contributed by atoms with van der Waals surface area (Å²) in [6.07, 6.45) is 1.28. The van der Waals surface area contributed by atoms with Crippen LogP contribution in [0.25, 0.3) is 16.9 Å². The first-order valence-corrected chi connectivity index (χ1v) is 9.38. The fourth-order valence-corrected chi connectivity index (χ4v) is 3.03. The molecule has 4 aromatic rings. The smallest absolute Gasteiger partial charge is 0.284 e. The van der Waals surface area contributed by atoms with Crippen LogP contribution in [0.2, 0.25) is 5.02 Å². The predicted octanol–water partition coefficient (Wildman–Crippen LogP) is 2.39. The van der Waals surface area contributed by atoms with Crippen LogP contribution in [0.4, 0.5) is 4.39 Å². The quantitative estimate of drug-likeness (QED) is 0.528. The number of hydrogen-bond donors (Lipinski definition) is 1. The van der Waals surface area contributed by atoms with Crippen LogP contribution >= 0.6 is 11.6 Å². The van der Waals surface area contributed by atoms with Crippen LogP contribution < -0.4 is 10.9 Å². The summed E-state index contributed by atoms with van der Waals surface area (Å²) in [5.41, 5.74) is 2.09. The molecule has 0 bridgehead atoms. The zero-order valence-corrected chi connectivity index (χ0v) is 16.6. The second-order valence-corrected chi connectivity index (χ2v) is 7.09. The van der Waals surface area contributed by atoms with Crippen LogP contribution in [0.1, 0.15) is 11.1 Å². The lowest BCUT2D eigenvalue weighted by Crippen LogP contribution is -2.32. The van der Waals surface area contributed by atoms with Crippen molar-refractivity contribution in [1.29, 1.82) is 0 Å². The molecule has 2 heterocycles. The molecule has 1 amide bonds. The van der Waals surface area contributed by atoms with Gasteiger partial charge in [0.15, 0.2) is 11.2 Å². The number of hydrogen-bond acceptors (Lipinski definition) is 5. The molecule has 0 radical (unpaired) electrons. The summed E-state index contributed by atoms with van der Waals surface area (Å²) in [4.78, 5) is 29.2. The van der Waals surface area contributed by atoms with Crippen molar-refractivity contribution >= 4 is 28.7 Å². The summed E-state index contributed by atoms with van der Waals surface area (Å²) in [7, 11) is 0. The number of fused-ring (bicyclic) bond motifs is 1. The monoisotopic (exact) mass is 426 g/mol. The Hall–Kier alpha value is -3.59. The van der Waals surface area contributed by atoms with Gasteiger partial charge >= 0.3 is 0 Å². The molecule has 0 unspecified atom stereocenters. The zero-order valence-electron chi connectivity index (χ0n) is 15.8. The van der Waals surface area contributed by atoms with E-state index in [-0.39, 0.29) is 36.0 Å². The number of halogens is 2. The van der Waals surface area contributed by atoms with Gasteiger partial charge in [-0.25, -0.2) is 9.37 Å². The van der Waals surface area contributed by atoms with E-state index < -0.39 is 5.56 Å². The van der Waals surface area contributed by atoms with Gasteiger partial charge in [-0.15, -0.1) is 5.10 Å². The van der Waals surface area contributed by atoms with Gasteiger partial charge in [0.2, 0.25) is 5.91 Å². The Kier molecular flexibility index (Phi) is 5.28. The van der Waals surface area contributed by atoms with Gasteiger partial charge in [0, 0.05) is 11.6 Å². The second kappa shape index (κ2) is 8.03. The van der Waals surface area contributed by atoms with Crippen molar-refractivity contribution in [3.63, 3.8) is 0 Å². The number of nitrogens with zero attached hydrogens (tertiary/aromatic N) is 5. The van der Waals surface area contributed by atoms with Crippen molar-refractivity contribution in [2.24, 2.45) is 0 Å². The van der Waals surface area contributed by atoms with E-state index in [1.807, 2.05) is 13.0 Å². The van der Waals surface area contributed by atoms with E-state index in [9.17, 15) is 14.0 Å². The van der Waals surface area contributed by atoms with Gasteiger partial charge in [0.25, 0.3) is 5.56 Å². The molecule has 1 N–H and O–H groups in total. The van der Waals surface area contributed by atoms with Crippen LogP contribution in [0.3, 0.4) is 0 Å². The van der Waals surface area contributed by atoms with Crippen LogP contribution in [0.15, 0.2) is 53.6 Å². The Morgan fingerprint density at radius 3 is 2.70 bits per heavy atom. The van der Waals surface area contributed by atoms with Gasteiger partial charge in [0.1, 0.15) is 18.7 Å². The highest BCUT2D eigenvalue weighted by Crippen LogP contribution is 2.20. The average Bonchev–Trinajstić information content (AvgIpc) is 3.16. The van der Waals surface area contributed by atoms with Gasteiger partial charge in [-0.05, 0) is 42.3 Å². The van der Waals surface area contributed by atoms with Crippen molar-refractivity contribution in [3.05, 3.63) is 81.1 Å². The van der Waals surface area contributed by atoms with E-state index in [1.165, 1.54) is 23.1 Å². The Labute approximate surface area is 174 Å². The van der Waals surface area contributed by atoms with E-state index >= 15 is 0 Å². The van der Waals surface area contributed by atoms with Crippen LogP contribution in [-0.4, -0.2) is 30.5 Å². The highest BCUT2D eigenvalue weighted by atomic mass is 35.5. The van der Waals surface area contributed by atoms with Gasteiger partial charge in [-0.1, -0.05) is 35.0 Å². The van der Waals surface area contributed by atoms with Crippen LogP contribution in [0, 0.1) is 12.7 Å². The maximum Gasteiger partial charge on any atom is 0.284 e. The molecule has 152 valence electrons. The van der Waals surface area contributed by atoms with Crippen LogP contribution in [-0.2, 0) is 17.9 Å². The predicted molar refractivity (Wildman–Crippen MR) is 109 cm³/mol. The fourth-order valence-electron chi connectivity index (χ4n) is 2.86. The number of aromatic nitrogens is 5. The van der Waals surface area contributed by atoms with Gasteiger partial charge in [-0.3, -0.25) is 14.2 Å². The van der Waals surface area contributed by atoms with Gasteiger partial charge in [-0.2, -0.15) is 4.68 Å². The van der Waals surface area contributed by atoms with Gasteiger partial charge in [0.05, 0.1) is 5.69 Å². The third kappa shape index (κ3) is 3.92. The Bertz CT molecular complexity index is 1300. The Morgan fingerprint density at radius 1 is 1.20 bits per heavy atom. The summed E-state index contributed by atoms with van der Waals surface area (Å²) in [5.74, 6) is -0.739. The minimum Gasteiger partial charge on any atom is -0.350 e. The Balaban J connectivity index is 1.53. The number of benzene rings is 2. The summed E-state index contributed by atoms with van der Waals surface area (Å²) in [6.45, 7) is 1.86. The van der Waals surface area contributed by atoms with Crippen molar-refractivity contribution in [2.75, 3.05) is 0 Å². The van der Waals surface area contributed by atoms with E-state index in [4.69, 9.17) is 11.6 Å². The minimum atomic E-state index is -0.485. The van der Waals surface area contributed by atoms with E-state index in [0.717, 1.165) is 15.7 Å². The largest absolute Gasteiger partial charge is 0.350 e. The number of rotatable bonds is 5. The van der Waals surface area contributed by atoms with Gasteiger partial charge < -0.3 is 5.32 Å². The van der Waals surface area contributed by atoms with E-state index in [1.54, 1.807) is 24.3 Å². The summed E-state index contributed by atoms with van der Waals surface area (Å²) >= 11 is 6.17. The molecule has 30 heavy (non-hydrogen) atoms. The lowest BCUT2D eigenvalue weighted by atomic mass is 10.2. The molecule has 0 aliphatic heterocycles. The first-order valence-electron chi connectivity index (χ1n) is 9.01. The highest BCUT2D eigenvalue weighted by molar-refractivity contribution is 6.31. The number of amides is 1. The molecule has 2 aromatic heterocycles. The maximum absolute atomic E-state index is 12.9. The van der Waals surface area contributed by atoms with E-state index in [2.05, 4.69) is 20.6 Å². The first kappa shape index (κ1) is 19.7. The Morgan fingerprint density at radius 2 is 1.97 bits per heavy atom. The molecule has 4 rings (SSSR count). The molecule has 0 saturated heterocycles. The third-order valence-corrected chi connectivity index (χ3v) is 4.95. The molecule has 0 saturated carbocycles. The van der Waals surface area contributed by atoms with E-state index in [0.29, 0.717) is 10.7 Å². The van der Waals surface area contributed by atoms with Crippen molar-refractivity contribution in [1.82, 2.24) is 29.9 Å². The number of aryl methyl sites for hydroxylation is 1. The molecule has 2 aromatic carbocycles. The van der Waals surface area contributed by atoms with Crippen molar-refractivity contribution in [3.8, 4) is 5.69 Å². The standard InChI is InChI=1S/C20H16ClFN6O2/c1-12-2-7-15(8-16(12)21)28-19-18(25-26-28)20(30)27(11-24-19)10-17(29)23-9-13-3-5-14(22)6-4-13/h2-8,11H,9-10H2,1H3,(H,23,29). The zero-order chi connectivity index (χ0) is 21.3. The fraction of sp³-hybridized carbons (Fsp3) is 0.150. The highest BCUT2D eigenvalue weighted by Gasteiger charge is 2.15. The number of carbonyl (C=O) groups excluding carboxylic acids is 1. The number of carbonyl (C=O) groups is 1. The molecular formula is C20H16ClFN6O2. The minimum absolute atomic E-state index is 0.0422. The molecule has 10 heteroatoms. The summed E-state index contributed by atoms with van der Waals surface area (Å²) in [6, 6.07) is 11.1. The van der Waals surface area contributed by atoms with Crippen molar-refractivity contribution < 1.29 is 9.18 Å². The lowest BCUT2D eigenvalue weighted by molar-refractivity contribution is -0.121.